The molecule has 4 nitrogen and oxygen atoms in total. The van der Waals surface area contributed by atoms with Crippen molar-refractivity contribution >= 4 is 28.6 Å². The fraction of sp³-hybridized carbons (Fsp3) is 0.500. The van der Waals surface area contributed by atoms with Crippen molar-refractivity contribution in [2.24, 2.45) is 4.99 Å². The maximum Gasteiger partial charge on any atom is 0.193 e. The van der Waals surface area contributed by atoms with Crippen molar-refractivity contribution in [3.8, 4) is 0 Å². The van der Waals surface area contributed by atoms with E-state index in [2.05, 4.69) is 51.7 Å². The lowest BCUT2D eigenvalue weighted by Gasteiger charge is -2.21. The first-order valence-corrected chi connectivity index (χ1v) is 9.30. The Kier molecular flexibility index (Phi) is 6.86. The number of hydrogen-bond donors (Lipinski definition) is 1. The van der Waals surface area contributed by atoms with Crippen LogP contribution >= 0.6 is 22.7 Å². The molecule has 0 unspecified atom stereocenters. The van der Waals surface area contributed by atoms with Gasteiger partial charge in [-0.1, -0.05) is 13.0 Å². The van der Waals surface area contributed by atoms with Crippen LogP contribution in [0, 0.1) is 0 Å². The molecule has 0 spiro atoms. The van der Waals surface area contributed by atoms with Gasteiger partial charge < -0.3 is 10.2 Å². The summed E-state index contributed by atoms with van der Waals surface area (Å²) in [5.41, 5.74) is 0. The van der Waals surface area contributed by atoms with Crippen LogP contribution < -0.4 is 5.32 Å². The van der Waals surface area contributed by atoms with E-state index in [-0.39, 0.29) is 0 Å². The molecule has 0 amide bonds. The van der Waals surface area contributed by atoms with E-state index >= 15 is 0 Å². The molecule has 2 aromatic heterocycles. The second-order valence-electron chi connectivity index (χ2n) is 5.05. The summed E-state index contributed by atoms with van der Waals surface area (Å²) in [6.45, 7) is 4.00. The molecular formula is C16H24N4S2. The number of hydrogen-bond acceptors (Lipinski definition) is 4. The van der Waals surface area contributed by atoms with Crippen LogP contribution in [0.3, 0.4) is 0 Å². The van der Waals surface area contributed by atoms with Crippen LogP contribution in [0.1, 0.15) is 21.7 Å². The molecule has 1 N–H and O–H groups in total. The van der Waals surface area contributed by atoms with Gasteiger partial charge in [-0.3, -0.25) is 4.99 Å². The van der Waals surface area contributed by atoms with Gasteiger partial charge in [0.15, 0.2) is 5.96 Å². The van der Waals surface area contributed by atoms with Gasteiger partial charge in [0.2, 0.25) is 0 Å². The Labute approximate surface area is 140 Å². The van der Waals surface area contributed by atoms with Crippen LogP contribution in [0.2, 0.25) is 0 Å². The van der Waals surface area contributed by atoms with Gasteiger partial charge in [-0.2, -0.15) is 0 Å². The molecule has 0 aliphatic rings. The smallest absolute Gasteiger partial charge is 0.193 e. The monoisotopic (exact) mass is 336 g/mol. The van der Waals surface area contributed by atoms with Gasteiger partial charge in [-0.05, 0) is 24.3 Å². The number of rotatable bonds is 7. The summed E-state index contributed by atoms with van der Waals surface area (Å²) in [5, 5.41) is 6.74. The average molecular weight is 337 g/mol. The van der Waals surface area contributed by atoms with E-state index in [1.165, 1.54) is 14.8 Å². The maximum atomic E-state index is 4.45. The third-order valence-electron chi connectivity index (χ3n) is 3.42. The highest BCUT2D eigenvalue weighted by Crippen LogP contribution is 2.13. The number of nitrogens with zero attached hydrogens (tertiary/aromatic N) is 3. The third-order valence-corrected chi connectivity index (χ3v) is 5.56. The highest BCUT2D eigenvalue weighted by molar-refractivity contribution is 7.11. The molecule has 2 rings (SSSR count). The van der Waals surface area contributed by atoms with Crippen LogP contribution in [0.4, 0.5) is 0 Å². The van der Waals surface area contributed by atoms with Crippen molar-refractivity contribution < 1.29 is 0 Å². The number of likely N-dealkylation sites (N-methyl/N-ethyl adjacent to an activating group) is 1. The van der Waals surface area contributed by atoms with E-state index in [0.29, 0.717) is 0 Å². The van der Waals surface area contributed by atoms with E-state index in [1.807, 2.05) is 24.6 Å². The first-order chi connectivity index (χ1) is 10.7. The summed E-state index contributed by atoms with van der Waals surface area (Å²) < 4.78 is 0. The molecule has 22 heavy (non-hydrogen) atoms. The topological polar surface area (TPSA) is 40.5 Å². The van der Waals surface area contributed by atoms with Crippen LogP contribution in [0.25, 0.3) is 0 Å². The van der Waals surface area contributed by atoms with Gasteiger partial charge in [0, 0.05) is 49.6 Å². The minimum atomic E-state index is 0.868. The van der Waals surface area contributed by atoms with E-state index in [1.54, 1.807) is 11.3 Å². The second-order valence-corrected chi connectivity index (χ2v) is 7.28. The van der Waals surface area contributed by atoms with Crippen molar-refractivity contribution in [1.82, 2.24) is 15.2 Å². The lowest BCUT2D eigenvalue weighted by atomic mass is 10.3. The molecule has 0 fully saturated rings. The lowest BCUT2D eigenvalue weighted by Crippen LogP contribution is -2.40. The molecule has 0 radical (unpaired) electrons. The Bertz CT molecular complexity index is 575. The first-order valence-electron chi connectivity index (χ1n) is 7.60. The van der Waals surface area contributed by atoms with Gasteiger partial charge in [0.05, 0.1) is 5.01 Å². The zero-order chi connectivity index (χ0) is 15.8. The number of aliphatic imine (C=N–C) groups is 1. The molecule has 120 valence electrons. The fourth-order valence-corrected chi connectivity index (χ4v) is 3.69. The zero-order valence-electron chi connectivity index (χ0n) is 13.5. The third kappa shape index (κ3) is 5.10. The fourth-order valence-electron chi connectivity index (χ4n) is 2.13. The largest absolute Gasteiger partial charge is 0.356 e. The molecule has 0 saturated carbocycles. The predicted molar refractivity (Wildman–Crippen MR) is 97.2 cm³/mol. The van der Waals surface area contributed by atoms with Crippen LogP contribution in [0.5, 0.6) is 0 Å². The number of aromatic nitrogens is 1. The molecule has 6 heteroatoms. The number of thiazole rings is 1. The summed E-state index contributed by atoms with van der Waals surface area (Å²) in [6, 6.07) is 4.29. The van der Waals surface area contributed by atoms with Crippen molar-refractivity contribution in [2.75, 3.05) is 27.2 Å². The molecule has 0 saturated heterocycles. The van der Waals surface area contributed by atoms with E-state index in [4.69, 9.17) is 0 Å². The van der Waals surface area contributed by atoms with Crippen LogP contribution in [0.15, 0.2) is 28.7 Å². The summed E-state index contributed by atoms with van der Waals surface area (Å²) in [7, 11) is 3.92. The molecule has 0 aliphatic carbocycles. The van der Waals surface area contributed by atoms with Crippen molar-refractivity contribution in [2.45, 2.75) is 26.2 Å². The van der Waals surface area contributed by atoms with Crippen molar-refractivity contribution in [1.29, 1.82) is 0 Å². The maximum absolute atomic E-state index is 4.45. The van der Waals surface area contributed by atoms with Crippen LogP contribution in [-0.2, 0) is 19.3 Å². The van der Waals surface area contributed by atoms with E-state index < -0.39 is 0 Å². The van der Waals surface area contributed by atoms with Gasteiger partial charge in [-0.25, -0.2) is 4.98 Å². The Morgan fingerprint density at radius 2 is 2.23 bits per heavy atom. The van der Waals surface area contributed by atoms with Crippen molar-refractivity contribution in [3.05, 3.63) is 38.5 Å². The van der Waals surface area contributed by atoms with Crippen molar-refractivity contribution in [3.63, 3.8) is 0 Å². The minimum Gasteiger partial charge on any atom is -0.356 e. The second kappa shape index (κ2) is 8.90. The van der Waals surface area contributed by atoms with E-state index in [9.17, 15) is 0 Å². The zero-order valence-corrected chi connectivity index (χ0v) is 15.1. The Balaban J connectivity index is 1.74. The number of guanidine groups is 1. The molecule has 0 bridgehead atoms. The Hall–Kier alpha value is -1.40. The minimum absolute atomic E-state index is 0.868. The van der Waals surface area contributed by atoms with Gasteiger partial charge in [0.25, 0.3) is 0 Å². The molecular weight excluding hydrogens is 312 g/mol. The molecule has 2 aromatic rings. The van der Waals surface area contributed by atoms with E-state index in [0.717, 1.165) is 38.3 Å². The normalized spacial score (nSPS) is 11.7. The molecule has 2 heterocycles. The molecule has 0 aliphatic heterocycles. The van der Waals surface area contributed by atoms with Gasteiger partial charge in [-0.15, -0.1) is 22.7 Å². The SMILES string of the molecule is CCc1cnc(CCNC(=NC)N(C)CCc2cccs2)s1. The molecule has 0 atom stereocenters. The summed E-state index contributed by atoms with van der Waals surface area (Å²) in [4.78, 5) is 13.8. The Morgan fingerprint density at radius 1 is 1.36 bits per heavy atom. The standard InChI is InChI=1S/C16H24N4S2/c1-4-13-12-19-15(22-13)7-9-18-16(17-2)20(3)10-8-14-6-5-11-21-14/h5-6,11-12H,4,7-10H2,1-3H3,(H,17,18). The summed E-state index contributed by atoms with van der Waals surface area (Å²) in [5.74, 6) is 0.948. The summed E-state index contributed by atoms with van der Waals surface area (Å²) in [6.07, 6.45) is 5.06. The summed E-state index contributed by atoms with van der Waals surface area (Å²) >= 11 is 3.62. The predicted octanol–water partition coefficient (Wildman–Crippen LogP) is 3.06. The highest BCUT2D eigenvalue weighted by Gasteiger charge is 2.07. The van der Waals surface area contributed by atoms with Crippen LogP contribution in [-0.4, -0.2) is 43.0 Å². The average Bonchev–Trinajstić information content (AvgIpc) is 3.20. The first kappa shape index (κ1) is 17.0. The Morgan fingerprint density at radius 3 is 2.86 bits per heavy atom. The lowest BCUT2D eigenvalue weighted by molar-refractivity contribution is 0.487. The molecule has 0 aromatic carbocycles. The van der Waals surface area contributed by atoms with Gasteiger partial charge >= 0.3 is 0 Å². The highest BCUT2D eigenvalue weighted by atomic mass is 32.1. The quantitative estimate of drug-likeness (QED) is 0.624. The van der Waals surface area contributed by atoms with Gasteiger partial charge in [0.1, 0.15) is 0 Å². The number of thiophene rings is 1. The number of nitrogens with one attached hydrogen (secondary N) is 1. The number of aryl methyl sites for hydroxylation is 1.